The number of quaternary nitrogens is 1. The second-order valence-electron chi connectivity index (χ2n) is 5.97. The molecule has 0 amide bonds. The van der Waals surface area contributed by atoms with Crippen LogP contribution in [-0.2, 0) is 13.2 Å². The zero-order valence-corrected chi connectivity index (χ0v) is 15.8. The molecule has 1 unspecified atom stereocenters. The maximum absolute atomic E-state index is 5.54. The number of aromatic nitrogens is 4. The van der Waals surface area contributed by atoms with Crippen molar-refractivity contribution in [2.45, 2.75) is 33.1 Å². The van der Waals surface area contributed by atoms with E-state index in [9.17, 15) is 0 Å². The Morgan fingerprint density at radius 1 is 1.42 bits per heavy atom. The summed E-state index contributed by atoms with van der Waals surface area (Å²) in [4.78, 5) is 6.07. The number of hydrogen-bond donors (Lipinski definition) is 1. The topological polar surface area (TPSA) is 40.1 Å². The van der Waals surface area contributed by atoms with E-state index < -0.39 is 0 Å². The minimum atomic E-state index is 0.272. The summed E-state index contributed by atoms with van der Waals surface area (Å²) in [7, 11) is 2.15. The Hall–Kier alpha value is -1.83. The zero-order valence-electron chi connectivity index (χ0n) is 14.2. The van der Waals surface area contributed by atoms with Crippen LogP contribution in [-0.4, -0.2) is 26.4 Å². The van der Waals surface area contributed by atoms with Gasteiger partial charge in [-0.3, -0.25) is 0 Å². The van der Waals surface area contributed by atoms with Crippen molar-refractivity contribution in [3.63, 3.8) is 0 Å². The van der Waals surface area contributed by atoms with E-state index in [-0.39, 0.29) is 6.04 Å². The third kappa shape index (κ3) is 3.19. The highest BCUT2D eigenvalue weighted by atomic mass is 32.1. The van der Waals surface area contributed by atoms with Gasteiger partial charge in [0.2, 0.25) is 4.77 Å². The van der Waals surface area contributed by atoms with Gasteiger partial charge in [0.15, 0.2) is 11.7 Å². The van der Waals surface area contributed by atoms with Crippen molar-refractivity contribution in [2.75, 3.05) is 7.05 Å². The first kappa shape index (κ1) is 17.0. The highest BCUT2D eigenvalue weighted by Gasteiger charge is 2.21. The predicted molar refractivity (Wildman–Crippen MR) is 101 cm³/mol. The fourth-order valence-corrected chi connectivity index (χ4v) is 4.07. The molecule has 0 fully saturated rings. The Bertz CT molecular complexity index is 888. The molecule has 0 spiro atoms. The van der Waals surface area contributed by atoms with Crippen molar-refractivity contribution >= 4 is 33.8 Å². The van der Waals surface area contributed by atoms with Crippen LogP contribution in [0.5, 0.6) is 0 Å². The number of allylic oxidation sites excluding steroid dienone is 1. The molecule has 0 saturated carbocycles. The van der Waals surface area contributed by atoms with Crippen molar-refractivity contribution in [2.24, 2.45) is 0 Å². The van der Waals surface area contributed by atoms with E-state index in [0.717, 1.165) is 21.1 Å². The van der Waals surface area contributed by atoms with E-state index in [1.54, 1.807) is 11.3 Å². The van der Waals surface area contributed by atoms with Gasteiger partial charge >= 0.3 is 0 Å². The van der Waals surface area contributed by atoms with Crippen molar-refractivity contribution in [1.29, 1.82) is 0 Å². The molecule has 126 valence electrons. The van der Waals surface area contributed by atoms with E-state index in [1.807, 2.05) is 28.3 Å². The standard InChI is InChI=1S/C17H21N5S2/c1-5-10-21-13(3)19-22(17(21)23)11-20(4)12(2)16-18-14-8-6-7-9-15(14)24-16/h5-9,12H,1,10-11H2,2-4H3/p+1/t12-/m0/s1. The molecule has 24 heavy (non-hydrogen) atoms. The lowest BCUT2D eigenvalue weighted by atomic mass is 10.3. The van der Waals surface area contributed by atoms with E-state index in [2.05, 4.69) is 43.8 Å². The van der Waals surface area contributed by atoms with Gasteiger partial charge in [0.1, 0.15) is 11.9 Å². The summed E-state index contributed by atoms with van der Waals surface area (Å²) < 4.78 is 5.86. The van der Waals surface area contributed by atoms with Gasteiger partial charge in [-0.2, -0.15) is 9.78 Å². The van der Waals surface area contributed by atoms with E-state index in [1.165, 1.54) is 9.60 Å². The lowest BCUT2D eigenvalue weighted by Gasteiger charge is -2.19. The predicted octanol–water partition coefficient (Wildman–Crippen LogP) is 2.75. The molecule has 3 aromatic rings. The molecule has 3 rings (SSSR count). The van der Waals surface area contributed by atoms with Crippen molar-refractivity contribution in [3.05, 3.63) is 52.5 Å². The number of aryl methyl sites for hydroxylation is 1. The highest BCUT2D eigenvalue weighted by Crippen LogP contribution is 2.24. The van der Waals surface area contributed by atoms with Crippen molar-refractivity contribution in [3.8, 4) is 0 Å². The largest absolute Gasteiger partial charge is 0.311 e. The number of hydrogen-bond acceptors (Lipinski definition) is 4. The maximum atomic E-state index is 5.54. The molecular weight excluding hydrogens is 338 g/mol. The molecule has 2 atom stereocenters. The average molecular weight is 361 g/mol. The number of nitrogens with zero attached hydrogens (tertiary/aromatic N) is 4. The molecule has 0 aliphatic rings. The quantitative estimate of drug-likeness (QED) is 0.543. The molecule has 0 saturated heterocycles. The number of thiazole rings is 1. The molecule has 1 N–H and O–H groups in total. The summed E-state index contributed by atoms with van der Waals surface area (Å²) in [5, 5.41) is 5.72. The molecule has 0 radical (unpaired) electrons. The fourth-order valence-electron chi connectivity index (χ4n) is 2.65. The lowest BCUT2D eigenvalue weighted by Crippen LogP contribution is -3.08. The molecule has 0 bridgehead atoms. The van der Waals surface area contributed by atoms with Crippen molar-refractivity contribution < 1.29 is 4.90 Å². The Kier molecular flexibility index (Phi) is 4.93. The van der Waals surface area contributed by atoms with Gasteiger partial charge in [-0.05, 0) is 38.2 Å². The number of fused-ring (bicyclic) bond motifs is 1. The molecule has 2 aromatic heterocycles. The number of nitrogens with one attached hydrogen (secondary N) is 1. The Morgan fingerprint density at radius 2 is 2.17 bits per heavy atom. The van der Waals surface area contributed by atoms with Crippen LogP contribution in [0.2, 0.25) is 0 Å². The molecule has 0 aliphatic carbocycles. The van der Waals surface area contributed by atoms with E-state index in [0.29, 0.717) is 13.2 Å². The SMILES string of the molecule is C=CCn1c(C)nn(C[NH+](C)[C@@H](C)c2nc3ccccc3s2)c1=S. The Labute approximate surface area is 150 Å². The highest BCUT2D eigenvalue weighted by molar-refractivity contribution is 7.71. The molecule has 7 heteroatoms. The minimum Gasteiger partial charge on any atom is -0.311 e. The summed E-state index contributed by atoms with van der Waals surface area (Å²) in [6.45, 7) is 9.35. The summed E-state index contributed by atoms with van der Waals surface area (Å²) in [5.74, 6) is 0.917. The van der Waals surface area contributed by atoms with Crippen LogP contribution >= 0.6 is 23.6 Å². The second-order valence-corrected chi connectivity index (χ2v) is 7.40. The summed E-state index contributed by atoms with van der Waals surface area (Å²) in [5.41, 5.74) is 1.07. The van der Waals surface area contributed by atoms with E-state index >= 15 is 0 Å². The van der Waals surface area contributed by atoms with Gasteiger partial charge in [-0.25, -0.2) is 4.98 Å². The van der Waals surface area contributed by atoms with Crippen LogP contribution in [0.15, 0.2) is 36.9 Å². The van der Waals surface area contributed by atoms with Gasteiger partial charge in [0.05, 0.1) is 17.3 Å². The minimum absolute atomic E-state index is 0.272. The van der Waals surface area contributed by atoms with Crippen LogP contribution < -0.4 is 4.90 Å². The normalized spacial score (nSPS) is 14.0. The van der Waals surface area contributed by atoms with Crippen LogP contribution in [0.1, 0.15) is 23.8 Å². The van der Waals surface area contributed by atoms with Gasteiger partial charge in [0.25, 0.3) is 0 Å². The first-order valence-corrected chi connectivity index (χ1v) is 9.16. The zero-order chi connectivity index (χ0) is 17.3. The molecule has 0 aliphatic heterocycles. The Morgan fingerprint density at radius 3 is 2.88 bits per heavy atom. The third-order valence-electron chi connectivity index (χ3n) is 4.24. The summed E-state index contributed by atoms with van der Waals surface area (Å²) in [6.07, 6.45) is 1.84. The number of rotatable bonds is 6. The van der Waals surface area contributed by atoms with Crippen molar-refractivity contribution in [1.82, 2.24) is 19.3 Å². The Balaban J connectivity index is 1.81. The van der Waals surface area contributed by atoms with E-state index in [4.69, 9.17) is 17.2 Å². The number of para-hydroxylation sites is 1. The molecular formula is C17H22N5S2+. The fraction of sp³-hybridized carbons (Fsp3) is 0.353. The molecule has 2 heterocycles. The average Bonchev–Trinajstić information content (AvgIpc) is 3.11. The van der Waals surface area contributed by atoms with Crippen LogP contribution in [0.3, 0.4) is 0 Å². The lowest BCUT2D eigenvalue weighted by molar-refractivity contribution is -0.933. The third-order valence-corrected chi connectivity index (χ3v) is 5.89. The molecule has 1 aromatic carbocycles. The van der Waals surface area contributed by atoms with Gasteiger partial charge < -0.3 is 9.47 Å². The van der Waals surface area contributed by atoms with Gasteiger partial charge in [-0.15, -0.1) is 17.9 Å². The maximum Gasteiger partial charge on any atom is 0.203 e. The molecule has 5 nitrogen and oxygen atoms in total. The van der Waals surface area contributed by atoms with Gasteiger partial charge in [-0.1, -0.05) is 18.2 Å². The van der Waals surface area contributed by atoms with Crippen LogP contribution in [0, 0.1) is 11.7 Å². The summed E-state index contributed by atoms with van der Waals surface area (Å²) in [6, 6.07) is 8.54. The summed E-state index contributed by atoms with van der Waals surface area (Å²) >= 11 is 7.30. The monoisotopic (exact) mass is 360 g/mol. The first-order chi connectivity index (χ1) is 11.5. The first-order valence-electron chi connectivity index (χ1n) is 7.94. The number of benzene rings is 1. The smallest absolute Gasteiger partial charge is 0.203 e. The van der Waals surface area contributed by atoms with Crippen LogP contribution in [0.25, 0.3) is 10.2 Å². The second kappa shape index (κ2) is 6.96. The van der Waals surface area contributed by atoms with Crippen LogP contribution in [0.4, 0.5) is 0 Å². The van der Waals surface area contributed by atoms with Gasteiger partial charge in [0, 0.05) is 6.54 Å².